The van der Waals surface area contributed by atoms with Crippen LogP contribution in [0.2, 0.25) is 0 Å². The van der Waals surface area contributed by atoms with Crippen molar-refractivity contribution in [3.05, 3.63) is 60.9 Å². The quantitative estimate of drug-likeness (QED) is 0.560. The fourth-order valence-corrected chi connectivity index (χ4v) is 6.61. The number of hydrogen-bond donors (Lipinski definition) is 1. The predicted molar refractivity (Wildman–Crippen MR) is 119 cm³/mol. The maximum Gasteiger partial charge on any atom is 0.261 e. The van der Waals surface area contributed by atoms with Gasteiger partial charge in [0.25, 0.3) is 10.0 Å². The lowest BCUT2D eigenvalue weighted by Crippen LogP contribution is -2.27. The van der Waals surface area contributed by atoms with Gasteiger partial charge in [-0.15, -0.1) is 0 Å². The molecule has 1 aliphatic rings. The number of rotatable bonds is 7. The molecule has 0 atom stereocenters. The summed E-state index contributed by atoms with van der Waals surface area (Å²) in [5, 5.41) is 0.831. The lowest BCUT2D eigenvalue weighted by atomic mass is 10.3. The minimum atomic E-state index is -3.85. The fraction of sp³-hybridized carbons (Fsp3) is 0.250. The second kappa shape index (κ2) is 8.65. The highest BCUT2D eigenvalue weighted by Gasteiger charge is 2.27. The van der Waals surface area contributed by atoms with E-state index in [1.807, 2.05) is 29.9 Å². The average molecular weight is 479 g/mol. The SMILES string of the molecule is Cn1ccnc1Sc1ccc(NS(=O)(=O)c2ccc(S(=O)(=O)N3CCCC3)cc2)cc1. The van der Waals surface area contributed by atoms with Crippen LogP contribution < -0.4 is 4.72 Å². The maximum atomic E-state index is 12.7. The van der Waals surface area contributed by atoms with Crippen LogP contribution in [-0.2, 0) is 27.1 Å². The van der Waals surface area contributed by atoms with Gasteiger partial charge in [0.1, 0.15) is 0 Å². The van der Waals surface area contributed by atoms with Crippen LogP contribution in [0.1, 0.15) is 12.8 Å². The third kappa shape index (κ3) is 4.79. The van der Waals surface area contributed by atoms with Crippen LogP contribution in [-0.4, -0.2) is 43.8 Å². The molecule has 1 aliphatic heterocycles. The summed E-state index contributed by atoms with van der Waals surface area (Å²) in [5.41, 5.74) is 0.415. The first-order chi connectivity index (χ1) is 14.8. The summed E-state index contributed by atoms with van der Waals surface area (Å²) in [4.78, 5) is 5.28. The summed E-state index contributed by atoms with van der Waals surface area (Å²) in [5.74, 6) is 0. The lowest BCUT2D eigenvalue weighted by Gasteiger charge is -2.15. The Hall–Kier alpha value is -2.34. The first kappa shape index (κ1) is 21.9. The van der Waals surface area contributed by atoms with Gasteiger partial charge in [-0.25, -0.2) is 21.8 Å². The van der Waals surface area contributed by atoms with Gasteiger partial charge in [0.2, 0.25) is 10.0 Å². The third-order valence-corrected chi connectivity index (χ3v) is 9.32. The first-order valence-electron chi connectivity index (χ1n) is 9.64. The van der Waals surface area contributed by atoms with Gasteiger partial charge in [-0.3, -0.25) is 4.72 Å². The summed E-state index contributed by atoms with van der Waals surface area (Å²) in [7, 11) is -5.52. The molecule has 0 bridgehead atoms. The van der Waals surface area contributed by atoms with E-state index >= 15 is 0 Å². The number of anilines is 1. The van der Waals surface area contributed by atoms with Crippen molar-refractivity contribution in [3.63, 3.8) is 0 Å². The number of hydrogen-bond acceptors (Lipinski definition) is 6. The number of aryl methyl sites for hydroxylation is 1. The number of aromatic nitrogens is 2. The van der Waals surface area contributed by atoms with Crippen molar-refractivity contribution < 1.29 is 16.8 Å². The van der Waals surface area contributed by atoms with Crippen LogP contribution in [0, 0.1) is 0 Å². The Morgan fingerprint density at radius 2 is 1.52 bits per heavy atom. The number of nitrogens with zero attached hydrogens (tertiary/aromatic N) is 3. The van der Waals surface area contributed by atoms with E-state index in [9.17, 15) is 16.8 Å². The number of benzene rings is 2. The van der Waals surface area contributed by atoms with Crippen molar-refractivity contribution in [3.8, 4) is 0 Å². The summed E-state index contributed by atoms with van der Waals surface area (Å²) in [6.45, 7) is 0.997. The van der Waals surface area contributed by atoms with Gasteiger partial charge in [0, 0.05) is 43.1 Å². The van der Waals surface area contributed by atoms with Crippen LogP contribution in [0.25, 0.3) is 0 Å². The van der Waals surface area contributed by atoms with Gasteiger partial charge in [-0.2, -0.15) is 4.31 Å². The van der Waals surface area contributed by atoms with Gasteiger partial charge in [-0.05, 0) is 61.4 Å². The molecule has 0 aliphatic carbocycles. The van der Waals surface area contributed by atoms with E-state index < -0.39 is 20.0 Å². The normalized spacial score (nSPS) is 15.3. The second-order valence-electron chi connectivity index (χ2n) is 7.14. The molecule has 0 unspecified atom stereocenters. The van der Waals surface area contributed by atoms with Crippen molar-refractivity contribution in [1.29, 1.82) is 0 Å². The molecule has 0 radical (unpaired) electrons. The zero-order valence-electron chi connectivity index (χ0n) is 16.8. The van der Waals surface area contributed by atoms with Gasteiger partial charge < -0.3 is 4.57 Å². The summed E-state index contributed by atoms with van der Waals surface area (Å²) < 4.78 is 56.5. The van der Waals surface area contributed by atoms with E-state index in [1.54, 1.807) is 18.3 Å². The maximum absolute atomic E-state index is 12.7. The second-order valence-corrected chi connectivity index (χ2v) is 11.8. The van der Waals surface area contributed by atoms with E-state index in [0.717, 1.165) is 22.9 Å². The molecule has 1 saturated heterocycles. The molecule has 31 heavy (non-hydrogen) atoms. The standard InChI is InChI=1S/C20H22N4O4S3/c1-23-15-12-21-20(23)29-17-6-4-16(5-7-17)22-30(25,26)18-8-10-19(11-9-18)31(27,28)24-13-2-3-14-24/h4-12,15,22H,2-3,13-14H2,1H3. The summed E-state index contributed by atoms with van der Waals surface area (Å²) in [6.07, 6.45) is 5.25. The third-order valence-electron chi connectivity index (χ3n) is 4.93. The first-order valence-corrected chi connectivity index (χ1v) is 13.4. The van der Waals surface area contributed by atoms with E-state index in [1.165, 1.54) is 40.3 Å². The Labute approximate surface area is 186 Å². The van der Waals surface area contributed by atoms with Gasteiger partial charge >= 0.3 is 0 Å². The van der Waals surface area contributed by atoms with Crippen LogP contribution in [0.4, 0.5) is 5.69 Å². The minimum absolute atomic E-state index is 0.000617. The van der Waals surface area contributed by atoms with E-state index in [-0.39, 0.29) is 9.79 Å². The minimum Gasteiger partial charge on any atom is -0.329 e. The van der Waals surface area contributed by atoms with Crippen molar-refractivity contribution >= 4 is 37.5 Å². The molecule has 3 aromatic rings. The highest BCUT2D eigenvalue weighted by molar-refractivity contribution is 7.99. The predicted octanol–water partition coefficient (Wildman–Crippen LogP) is 3.16. The molecule has 1 fully saturated rings. The zero-order valence-corrected chi connectivity index (χ0v) is 19.3. The number of imidazole rings is 1. The van der Waals surface area contributed by atoms with E-state index in [0.29, 0.717) is 18.8 Å². The topological polar surface area (TPSA) is 101 Å². The monoisotopic (exact) mass is 478 g/mol. The molecule has 11 heteroatoms. The van der Waals surface area contributed by atoms with Crippen molar-refractivity contribution in [1.82, 2.24) is 13.9 Å². The van der Waals surface area contributed by atoms with Crippen LogP contribution in [0.15, 0.2) is 80.8 Å². The van der Waals surface area contributed by atoms with E-state index in [4.69, 9.17) is 0 Å². The van der Waals surface area contributed by atoms with Crippen LogP contribution >= 0.6 is 11.8 Å². The molecule has 2 heterocycles. The van der Waals surface area contributed by atoms with Crippen molar-refractivity contribution in [2.45, 2.75) is 32.7 Å². The van der Waals surface area contributed by atoms with E-state index in [2.05, 4.69) is 9.71 Å². The zero-order chi connectivity index (χ0) is 22.1. The Kier molecular flexibility index (Phi) is 6.11. The molecule has 1 aromatic heterocycles. The van der Waals surface area contributed by atoms with Crippen molar-refractivity contribution in [2.24, 2.45) is 7.05 Å². The molecule has 0 saturated carbocycles. The molecule has 164 valence electrons. The molecular weight excluding hydrogens is 456 g/mol. The molecule has 8 nitrogen and oxygen atoms in total. The Morgan fingerprint density at radius 1 is 0.903 bits per heavy atom. The summed E-state index contributed by atoms with van der Waals surface area (Å²) in [6, 6.07) is 12.3. The van der Waals surface area contributed by atoms with Gasteiger partial charge in [-0.1, -0.05) is 11.8 Å². The molecule has 0 spiro atoms. The van der Waals surface area contributed by atoms with Gasteiger partial charge in [0.15, 0.2) is 5.16 Å². The van der Waals surface area contributed by atoms with Gasteiger partial charge in [0.05, 0.1) is 9.79 Å². The number of nitrogens with one attached hydrogen (secondary N) is 1. The lowest BCUT2D eigenvalue weighted by molar-refractivity contribution is 0.477. The molecule has 2 aromatic carbocycles. The Balaban J connectivity index is 1.46. The molecule has 4 rings (SSSR count). The summed E-state index contributed by atoms with van der Waals surface area (Å²) >= 11 is 1.47. The molecule has 0 amide bonds. The molecular formula is C20H22N4O4S3. The highest BCUT2D eigenvalue weighted by Crippen LogP contribution is 2.28. The van der Waals surface area contributed by atoms with Crippen LogP contribution in [0.3, 0.4) is 0 Å². The number of sulfonamides is 2. The Morgan fingerprint density at radius 3 is 2.10 bits per heavy atom. The Bertz CT molecular complexity index is 1260. The molecule has 1 N–H and O–H groups in total. The smallest absolute Gasteiger partial charge is 0.261 e. The highest BCUT2D eigenvalue weighted by atomic mass is 32.2. The fourth-order valence-electron chi connectivity index (χ4n) is 3.23. The average Bonchev–Trinajstić information content (AvgIpc) is 3.42. The van der Waals surface area contributed by atoms with Crippen molar-refractivity contribution in [2.75, 3.05) is 17.8 Å². The van der Waals surface area contributed by atoms with Crippen LogP contribution in [0.5, 0.6) is 0 Å². The largest absolute Gasteiger partial charge is 0.329 e.